The van der Waals surface area contributed by atoms with Gasteiger partial charge in [-0.3, -0.25) is 0 Å². The summed E-state index contributed by atoms with van der Waals surface area (Å²) in [6, 6.07) is 78.7. The average Bonchev–Trinajstić information content (AvgIpc) is 3.28. The van der Waals surface area contributed by atoms with Gasteiger partial charge in [-0.05, 0) is 75.8 Å². The molecule has 0 amide bonds. The Labute approximate surface area is 322 Å². The largest absolute Gasteiger partial charge is 0.311 e. The van der Waals surface area contributed by atoms with E-state index in [0.717, 1.165) is 56.3 Å². The second-order valence-corrected chi connectivity index (χ2v) is 13.5. The predicted octanol–water partition coefficient (Wildman–Crippen LogP) is 13.9. The Morgan fingerprint density at radius 1 is 0.236 bits per heavy atom. The van der Waals surface area contributed by atoms with Gasteiger partial charge in [0.1, 0.15) is 0 Å². The molecule has 0 bridgehead atoms. The highest BCUT2D eigenvalue weighted by Gasteiger charge is 2.15. The molecule has 9 aromatic rings. The van der Waals surface area contributed by atoms with Crippen LogP contribution in [0.3, 0.4) is 0 Å². The van der Waals surface area contributed by atoms with E-state index in [4.69, 9.17) is 9.97 Å². The average molecular weight is 704 g/mol. The zero-order valence-electron chi connectivity index (χ0n) is 30.2. The normalized spacial score (nSPS) is 10.9. The summed E-state index contributed by atoms with van der Waals surface area (Å²) >= 11 is 0. The van der Waals surface area contributed by atoms with Crippen molar-refractivity contribution in [2.24, 2.45) is 0 Å². The van der Waals surface area contributed by atoms with Crippen LogP contribution in [0.4, 0.5) is 17.1 Å². The Balaban J connectivity index is 1.03. The zero-order chi connectivity index (χ0) is 36.8. The third-order valence-electron chi connectivity index (χ3n) is 9.93. The van der Waals surface area contributed by atoms with Gasteiger partial charge in [0.15, 0.2) is 5.82 Å². The number of aromatic nitrogens is 2. The third kappa shape index (κ3) is 7.33. The number of benzene rings is 8. The van der Waals surface area contributed by atoms with Gasteiger partial charge in [-0.15, -0.1) is 0 Å². The van der Waals surface area contributed by atoms with Crippen molar-refractivity contribution in [3.05, 3.63) is 224 Å². The summed E-state index contributed by atoms with van der Waals surface area (Å²) in [5, 5.41) is 0. The summed E-state index contributed by atoms with van der Waals surface area (Å²) in [6.45, 7) is 0. The van der Waals surface area contributed by atoms with Gasteiger partial charge in [-0.25, -0.2) is 9.97 Å². The van der Waals surface area contributed by atoms with E-state index in [1.54, 1.807) is 0 Å². The lowest BCUT2D eigenvalue weighted by atomic mass is 10.0. The van der Waals surface area contributed by atoms with Gasteiger partial charge >= 0.3 is 0 Å². The van der Waals surface area contributed by atoms with Crippen molar-refractivity contribution in [3.63, 3.8) is 0 Å². The number of anilines is 3. The Hall–Kier alpha value is -7.36. The van der Waals surface area contributed by atoms with Crippen LogP contribution < -0.4 is 4.90 Å². The topological polar surface area (TPSA) is 29.0 Å². The maximum absolute atomic E-state index is 5.02. The first-order valence-corrected chi connectivity index (χ1v) is 18.6. The minimum atomic E-state index is 0.714. The smallest absolute Gasteiger partial charge is 0.160 e. The Bertz CT molecular complexity index is 2480. The highest BCUT2D eigenvalue weighted by Crippen LogP contribution is 2.38. The molecule has 0 aliphatic rings. The van der Waals surface area contributed by atoms with E-state index in [1.165, 1.54) is 22.3 Å². The standard InChI is InChI=1S/C52H37N3/c1-5-13-38(14-6-1)41-25-31-47(32-26-41)55(48-33-27-42(28-34-48)39-15-7-2-8-16-39)49-35-29-43(30-36-49)40-21-23-45(24-22-40)51-37-50(44-17-9-3-10-18-44)53-52(54-51)46-19-11-4-12-20-46/h1-37H. The first-order chi connectivity index (χ1) is 27.2. The maximum Gasteiger partial charge on any atom is 0.160 e. The molecule has 55 heavy (non-hydrogen) atoms. The molecule has 9 rings (SSSR count). The van der Waals surface area contributed by atoms with E-state index in [-0.39, 0.29) is 0 Å². The minimum Gasteiger partial charge on any atom is -0.311 e. The van der Waals surface area contributed by atoms with E-state index in [0.29, 0.717) is 5.82 Å². The van der Waals surface area contributed by atoms with Crippen LogP contribution in [0.25, 0.3) is 67.3 Å². The molecule has 0 atom stereocenters. The van der Waals surface area contributed by atoms with E-state index in [1.807, 2.05) is 36.4 Å². The van der Waals surface area contributed by atoms with Crippen molar-refractivity contribution in [3.8, 4) is 67.3 Å². The molecule has 0 unspecified atom stereocenters. The molecule has 1 aromatic heterocycles. The fraction of sp³-hybridized carbons (Fsp3) is 0. The summed E-state index contributed by atoms with van der Waals surface area (Å²) in [5.74, 6) is 0.714. The van der Waals surface area contributed by atoms with E-state index in [9.17, 15) is 0 Å². The van der Waals surface area contributed by atoms with Crippen LogP contribution >= 0.6 is 0 Å². The lowest BCUT2D eigenvalue weighted by Gasteiger charge is -2.26. The summed E-state index contributed by atoms with van der Waals surface area (Å²) in [5.41, 5.74) is 15.2. The van der Waals surface area contributed by atoms with Crippen molar-refractivity contribution < 1.29 is 0 Å². The molecule has 0 aliphatic carbocycles. The molecule has 0 spiro atoms. The predicted molar refractivity (Wildman–Crippen MR) is 229 cm³/mol. The van der Waals surface area contributed by atoms with Crippen LogP contribution in [0.1, 0.15) is 0 Å². The molecule has 260 valence electrons. The molecule has 0 radical (unpaired) electrons. The van der Waals surface area contributed by atoms with E-state index < -0.39 is 0 Å². The molecule has 0 saturated heterocycles. The monoisotopic (exact) mass is 703 g/mol. The number of hydrogen-bond donors (Lipinski definition) is 0. The summed E-state index contributed by atoms with van der Waals surface area (Å²) < 4.78 is 0. The fourth-order valence-electron chi connectivity index (χ4n) is 7.02. The molecule has 3 nitrogen and oxygen atoms in total. The van der Waals surface area contributed by atoms with Crippen LogP contribution in [-0.4, -0.2) is 9.97 Å². The maximum atomic E-state index is 5.02. The molecular weight excluding hydrogens is 667 g/mol. The van der Waals surface area contributed by atoms with Crippen molar-refractivity contribution in [1.82, 2.24) is 9.97 Å². The van der Waals surface area contributed by atoms with Gasteiger partial charge in [0.2, 0.25) is 0 Å². The molecule has 0 aliphatic heterocycles. The fourth-order valence-corrected chi connectivity index (χ4v) is 7.02. The van der Waals surface area contributed by atoms with Crippen LogP contribution in [-0.2, 0) is 0 Å². The molecule has 8 aromatic carbocycles. The molecule has 0 saturated carbocycles. The molecule has 0 N–H and O–H groups in total. The second-order valence-electron chi connectivity index (χ2n) is 13.5. The van der Waals surface area contributed by atoms with E-state index >= 15 is 0 Å². The van der Waals surface area contributed by atoms with Gasteiger partial charge in [0.05, 0.1) is 11.4 Å². The molecule has 0 fully saturated rings. The first kappa shape index (κ1) is 33.5. The Morgan fingerprint density at radius 3 is 0.855 bits per heavy atom. The van der Waals surface area contributed by atoms with Gasteiger partial charge in [0, 0.05) is 33.8 Å². The van der Waals surface area contributed by atoms with Gasteiger partial charge in [0.25, 0.3) is 0 Å². The van der Waals surface area contributed by atoms with Crippen LogP contribution in [0.5, 0.6) is 0 Å². The zero-order valence-corrected chi connectivity index (χ0v) is 30.2. The summed E-state index contributed by atoms with van der Waals surface area (Å²) in [4.78, 5) is 12.3. The van der Waals surface area contributed by atoms with Crippen LogP contribution in [0.2, 0.25) is 0 Å². The summed E-state index contributed by atoms with van der Waals surface area (Å²) in [7, 11) is 0. The Kier molecular flexibility index (Phi) is 9.32. The van der Waals surface area contributed by atoms with Crippen molar-refractivity contribution in [2.75, 3.05) is 4.90 Å². The quantitative estimate of drug-likeness (QED) is 0.150. The highest BCUT2D eigenvalue weighted by molar-refractivity contribution is 5.81. The number of hydrogen-bond acceptors (Lipinski definition) is 3. The highest BCUT2D eigenvalue weighted by atomic mass is 15.1. The molecular formula is C52H37N3. The minimum absolute atomic E-state index is 0.714. The van der Waals surface area contributed by atoms with Crippen molar-refractivity contribution in [2.45, 2.75) is 0 Å². The van der Waals surface area contributed by atoms with Crippen LogP contribution in [0.15, 0.2) is 224 Å². The third-order valence-corrected chi connectivity index (χ3v) is 9.93. The van der Waals surface area contributed by atoms with Gasteiger partial charge in [-0.2, -0.15) is 0 Å². The lowest BCUT2D eigenvalue weighted by molar-refractivity contribution is 1.18. The molecule has 1 heterocycles. The molecule has 3 heteroatoms. The van der Waals surface area contributed by atoms with Gasteiger partial charge in [-0.1, -0.05) is 182 Å². The summed E-state index contributed by atoms with van der Waals surface area (Å²) in [6.07, 6.45) is 0. The number of rotatable bonds is 9. The van der Waals surface area contributed by atoms with Crippen molar-refractivity contribution in [1.29, 1.82) is 0 Å². The van der Waals surface area contributed by atoms with Gasteiger partial charge < -0.3 is 4.90 Å². The number of nitrogens with zero attached hydrogens (tertiary/aromatic N) is 3. The first-order valence-electron chi connectivity index (χ1n) is 18.6. The Morgan fingerprint density at radius 2 is 0.491 bits per heavy atom. The van der Waals surface area contributed by atoms with Crippen LogP contribution in [0, 0.1) is 0 Å². The SMILES string of the molecule is c1ccc(-c2ccc(N(c3ccc(-c4ccccc4)cc3)c3ccc(-c4ccc(-c5cc(-c6ccccc6)nc(-c6ccccc6)n5)cc4)cc3)cc2)cc1. The van der Waals surface area contributed by atoms with Crippen molar-refractivity contribution >= 4 is 17.1 Å². The second kappa shape index (κ2) is 15.3. The van der Waals surface area contributed by atoms with E-state index in [2.05, 4.69) is 193 Å². The lowest BCUT2D eigenvalue weighted by Crippen LogP contribution is -2.09.